The van der Waals surface area contributed by atoms with Gasteiger partial charge in [-0.05, 0) is 24.1 Å². The van der Waals surface area contributed by atoms with Crippen molar-refractivity contribution in [3.8, 4) is 0 Å². The van der Waals surface area contributed by atoms with Gasteiger partial charge in [-0.15, -0.1) is 0 Å². The van der Waals surface area contributed by atoms with Crippen LogP contribution in [0.3, 0.4) is 0 Å². The Morgan fingerprint density at radius 3 is 3.05 bits per heavy atom. The summed E-state index contributed by atoms with van der Waals surface area (Å²) in [6.07, 6.45) is 6.98. The zero-order chi connectivity index (χ0) is 13.2. The van der Waals surface area contributed by atoms with Gasteiger partial charge >= 0.3 is 0 Å². The lowest BCUT2D eigenvalue weighted by molar-refractivity contribution is 0.758. The van der Waals surface area contributed by atoms with E-state index in [1.54, 1.807) is 11.9 Å². The Morgan fingerprint density at radius 2 is 2.32 bits per heavy atom. The standard InChI is InChI=1S/C14H18N4S/c1-17-10-15-8-13(17)9-18-6-5-11-3-4-12(16-19-2)7-14(11)18/h3-4,7-8,10,16H,5-6,9H2,1-2H3. The summed E-state index contributed by atoms with van der Waals surface area (Å²) >= 11 is 1.63. The van der Waals surface area contributed by atoms with Crippen molar-refractivity contribution in [3.05, 3.63) is 42.0 Å². The van der Waals surface area contributed by atoms with Crippen LogP contribution >= 0.6 is 11.9 Å². The smallest absolute Gasteiger partial charge is 0.0946 e. The zero-order valence-corrected chi connectivity index (χ0v) is 12.1. The fourth-order valence-electron chi connectivity index (χ4n) is 2.52. The zero-order valence-electron chi connectivity index (χ0n) is 11.3. The molecule has 0 saturated carbocycles. The average molecular weight is 274 g/mol. The second kappa shape index (κ2) is 5.17. The molecule has 3 rings (SSSR count). The maximum atomic E-state index is 4.19. The number of hydrogen-bond donors (Lipinski definition) is 1. The summed E-state index contributed by atoms with van der Waals surface area (Å²) in [7, 11) is 2.05. The van der Waals surface area contributed by atoms with Crippen molar-refractivity contribution >= 4 is 23.3 Å². The monoisotopic (exact) mass is 274 g/mol. The molecule has 0 saturated heterocycles. The van der Waals surface area contributed by atoms with Gasteiger partial charge in [0.25, 0.3) is 0 Å². The summed E-state index contributed by atoms with van der Waals surface area (Å²) in [5.74, 6) is 0. The average Bonchev–Trinajstić information content (AvgIpc) is 2.98. The molecule has 4 nitrogen and oxygen atoms in total. The molecule has 1 aliphatic rings. The van der Waals surface area contributed by atoms with E-state index in [1.807, 2.05) is 25.8 Å². The third-order valence-electron chi connectivity index (χ3n) is 3.57. The van der Waals surface area contributed by atoms with Crippen molar-refractivity contribution < 1.29 is 0 Å². The van der Waals surface area contributed by atoms with Gasteiger partial charge in [-0.25, -0.2) is 4.98 Å². The summed E-state index contributed by atoms with van der Waals surface area (Å²) in [5, 5.41) is 0. The van der Waals surface area contributed by atoms with E-state index in [0.29, 0.717) is 0 Å². The number of nitrogens with one attached hydrogen (secondary N) is 1. The van der Waals surface area contributed by atoms with Crippen LogP contribution in [0.4, 0.5) is 11.4 Å². The van der Waals surface area contributed by atoms with E-state index in [0.717, 1.165) is 19.5 Å². The first-order valence-corrected chi connectivity index (χ1v) is 7.62. The molecule has 0 unspecified atom stereocenters. The third kappa shape index (κ3) is 2.42. The number of rotatable bonds is 4. The number of anilines is 2. The molecule has 1 aliphatic heterocycles. The highest BCUT2D eigenvalue weighted by Crippen LogP contribution is 2.32. The van der Waals surface area contributed by atoms with Crippen LogP contribution in [-0.4, -0.2) is 22.4 Å². The van der Waals surface area contributed by atoms with Crippen molar-refractivity contribution in [3.63, 3.8) is 0 Å². The number of hydrogen-bond acceptors (Lipinski definition) is 4. The van der Waals surface area contributed by atoms with Crippen LogP contribution in [0.25, 0.3) is 0 Å². The molecule has 0 bridgehead atoms. The van der Waals surface area contributed by atoms with Crippen LogP contribution in [0.1, 0.15) is 11.3 Å². The van der Waals surface area contributed by atoms with Crippen LogP contribution in [0.5, 0.6) is 0 Å². The van der Waals surface area contributed by atoms with E-state index in [2.05, 4.69) is 37.4 Å². The topological polar surface area (TPSA) is 33.1 Å². The lowest BCUT2D eigenvalue weighted by atomic mass is 10.1. The molecule has 0 aliphatic carbocycles. The van der Waals surface area contributed by atoms with E-state index in [1.165, 1.54) is 22.6 Å². The van der Waals surface area contributed by atoms with Gasteiger partial charge in [-0.2, -0.15) is 0 Å². The highest BCUT2D eigenvalue weighted by atomic mass is 32.2. The SMILES string of the molecule is CSNc1ccc2c(c1)N(Cc1cncn1C)CC2. The lowest BCUT2D eigenvalue weighted by Crippen LogP contribution is -2.21. The minimum Gasteiger partial charge on any atom is -0.365 e. The van der Waals surface area contributed by atoms with Crippen molar-refractivity contribution in [2.75, 3.05) is 22.4 Å². The van der Waals surface area contributed by atoms with E-state index in [4.69, 9.17) is 0 Å². The second-order valence-electron chi connectivity index (χ2n) is 4.82. The van der Waals surface area contributed by atoms with E-state index in [9.17, 15) is 0 Å². The first-order chi connectivity index (χ1) is 9.28. The molecule has 100 valence electrons. The molecular formula is C14H18N4S. The molecule has 2 heterocycles. The van der Waals surface area contributed by atoms with E-state index < -0.39 is 0 Å². The number of aryl methyl sites for hydroxylation is 1. The summed E-state index contributed by atoms with van der Waals surface area (Å²) < 4.78 is 5.39. The normalized spacial score (nSPS) is 13.7. The molecule has 1 aromatic heterocycles. The van der Waals surface area contributed by atoms with Gasteiger partial charge in [0.15, 0.2) is 0 Å². The van der Waals surface area contributed by atoms with Gasteiger partial charge < -0.3 is 14.2 Å². The van der Waals surface area contributed by atoms with Gasteiger partial charge in [0.05, 0.1) is 18.6 Å². The van der Waals surface area contributed by atoms with Gasteiger partial charge in [0.1, 0.15) is 0 Å². The number of benzene rings is 1. The minimum absolute atomic E-state index is 0.923. The Kier molecular flexibility index (Phi) is 3.38. The summed E-state index contributed by atoms with van der Waals surface area (Å²) in [4.78, 5) is 6.62. The Balaban J connectivity index is 1.84. The molecule has 1 aromatic carbocycles. The highest BCUT2D eigenvalue weighted by Gasteiger charge is 2.20. The maximum absolute atomic E-state index is 4.19. The Morgan fingerprint density at radius 1 is 1.42 bits per heavy atom. The Hall–Kier alpha value is -1.62. The van der Waals surface area contributed by atoms with Crippen LogP contribution in [0, 0.1) is 0 Å². The number of nitrogens with zero attached hydrogens (tertiary/aromatic N) is 3. The molecule has 19 heavy (non-hydrogen) atoms. The summed E-state index contributed by atoms with van der Waals surface area (Å²) in [6, 6.07) is 6.63. The van der Waals surface area contributed by atoms with Gasteiger partial charge in [0, 0.05) is 37.4 Å². The minimum atomic E-state index is 0.923. The van der Waals surface area contributed by atoms with Gasteiger partial charge in [-0.3, -0.25) is 0 Å². The first-order valence-electron chi connectivity index (χ1n) is 6.40. The van der Waals surface area contributed by atoms with E-state index >= 15 is 0 Å². The predicted octanol–water partition coefficient (Wildman–Crippen LogP) is 2.67. The molecule has 5 heteroatoms. The Bertz CT molecular complexity index is 579. The quantitative estimate of drug-likeness (QED) is 0.869. The lowest BCUT2D eigenvalue weighted by Gasteiger charge is -2.20. The largest absolute Gasteiger partial charge is 0.365 e. The fraction of sp³-hybridized carbons (Fsp3) is 0.357. The fourth-order valence-corrected chi connectivity index (χ4v) is 2.89. The maximum Gasteiger partial charge on any atom is 0.0946 e. The Labute approximate surface area is 118 Å². The highest BCUT2D eigenvalue weighted by molar-refractivity contribution is 7.99. The van der Waals surface area contributed by atoms with Crippen molar-refractivity contribution in [1.82, 2.24) is 9.55 Å². The second-order valence-corrected chi connectivity index (χ2v) is 5.43. The predicted molar refractivity (Wildman–Crippen MR) is 81.5 cm³/mol. The van der Waals surface area contributed by atoms with Gasteiger partial charge in [0.2, 0.25) is 0 Å². The molecule has 2 aromatic rings. The molecule has 1 N–H and O–H groups in total. The van der Waals surface area contributed by atoms with Crippen molar-refractivity contribution in [1.29, 1.82) is 0 Å². The molecule has 0 fully saturated rings. The summed E-state index contributed by atoms with van der Waals surface area (Å²) in [5.41, 5.74) is 5.20. The van der Waals surface area contributed by atoms with Crippen molar-refractivity contribution in [2.24, 2.45) is 7.05 Å². The molecule has 0 amide bonds. The first kappa shape index (κ1) is 12.4. The van der Waals surface area contributed by atoms with Crippen molar-refractivity contribution in [2.45, 2.75) is 13.0 Å². The molecule has 0 spiro atoms. The van der Waals surface area contributed by atoms with E-state index in [-0.39, 0.29) is 0 Å². The third-order valence-corrected chi connectivity index (χ3v) is 4.01. The van der Waals surface area contributed by atoms with Crippen LogP contribution in [0.2, 0.25) is 0 Å². The molecule has 0 radical (unpaired) electrons. The molecular weight excluding hydrogens is 256 g/mol. The summed E-state index contributed by atoms with van der Waals surface area (Å²) in [6.45, 7) is 2.01. The van der Waals surface area contributed by atoms with Gasteiger partial charge in [-0.1, -0.05) is 18.0 Å². The molecule has 0 atom stereocenters. The number of fused-ring (bicyclic) bond motifs is 1. The number of aromatic nitrogens is 2. The van der Waals surface area contributed by atoms with Crippen LogP contribution in [0.15, 0.2) is 30.7 Å². The number of imidazole rings is 1. The van der Waals surface area contributed by atoms with Crippen LogP contribution in [-0.2, 0) is 20.0 Å². The van der Waals surface area contributed by atoms with Crippen LogP contribution < -0.4 is 9.62 Å².